The van der Waals surface area contributed by atoms with Crippen molar-refractivity contribution in [1.82, 2.24) is 18.7 Å². The fourth-order valence-electron chi connectivity index (χ4n) is 4.97. The van der Waals surface area contributed by atoms with Crippen LogP contribution in [0.1, 0.15) is 11.4 Å². The number of nitrogens with zero attached hydrogens (tertiary/aromatic N) is 6. The summed E-state index contributed by atoms with van der Waals surface area (Å²) in [5.74, 6) is 0. The van der Waals surface area contributed by atoms with Gasteiger partial charge in [0.05, 0.1) is 23.1 Å². The molecule has 0 aliphatic heterocycles. The average Bonchev–Trinajstić information content (AvgIpc) is 3.54. The highest BCUT2D eigenvalue weighted by molar-refractivity contribution is 7.79. The molecule has 2 heterocycles. The Morgan fingerprint density at radius 3 is 1.61 bits per heavy atom. The van der Waals surface area contributed by atoms with E-state index in [0.717, 1.165) is 39.9 Å². The summed E-state index contributed by atoms with van der Waals surface area (Å²) in [6.45, 7) is 0. The zero-order valence-corrected chi connectivity index (χ0v) is 23.2. The van der Waals surface area contributed by atoms with E-state index in [9.17, 15) is 0 Å². The Morgan fingerprint density at radius 2 is 1.02 bits per heavy atom. The summed E-state index contributed by atoms with van der Waals surface area (Å²) < 4.78 is 12.9. The number of nitrogens with one attached hydrogen (secondary N) is 1. The van der Waals surface area contributed by atoms with Crippen molar-refractivity contribution in [1.29, 1.82) is 5.41 Å². The lowest BCUT2D eigenvalue weighted by atomic mass is 9.95. The molecule has 7 nitrogen and oxygen atoms in total. The first-order valence-electron chi connectivity index (χ1n) is 12.9. The second-order valence-corrected chi connectivity index (χ2v) is 10.1. The molecule has 0 amide bonds. The lowest BCUT2D eigenvalue weighted by Crippen LogP contribution is -2.25. The molecule has 0 saturated carbocycles. The predicted octanol–water partition coefficient (Wildman–Crippen LogP) is 7.81. The molecule has 0 saturated heterocycles. The van der Waals surface area contributed by atoms with Crippen LogP contribution in [0, 0.1) is 5.41 Å². The van der Waals surface area contributed by atoms with Gasteiger partial charge in [-0.1, -0.05) is 78.9 Å². The molecule has 6 aromatic rings. The van der Waals surface area contributed by atoms with Crippen LogP contribution < -0.4 is 4.90 Å². The molecule has 0 fully saturated rings. The average molecular weight is 568 g/mol. The molecule has 0 bridgehead atoms. The van der Waals surface area contributed by atoms with E-state index < -0.39 is 0 Å². The van der Waals surface area contributed by atoms with Crippen molar-refractivity contribution in [2.45, 2.75) is 0 Å². The van der Waals surface area contributed by atoms with E-state index in [0.29, 0.717) is 39.9 Å². The van der Waals surface area contributed by atoms with Crippen molar-refractivity contribution < 1.29 is 0 Å². The molecule has 1 aliphatic rings. The molecule has 0 spiro atoms. The first-order valence-corrected chi connectivity index (χ1v) is 14.0. The van der Waals surface area contributed by atoms with Crippen LogP contribution in [0.5, 0.6) is 0 Å². The van der Waals surface area contributed by atoms with Gasteiger partial charge in [0.25, 0.3) is 0 Å². The van der Waals surface area contributed by atoms with Crippen LogP contribution in [-0.2, 0) is 0 Å². The van der Waals surface area contributed by atoms with Crippen molar-refractivity contribution in [2.24, 2.45) is 4.40 Å². The first kappa shape index (κ1) is 25.0. The maximum absolute atomic E-state index is 8.66. The number of hydrogen-bond acceptors (Lipinski definition) is 9. The summed E-state index contributed by atoms with van der Waals surface area (Å²) in [5.41, 5.74) is 8.82. The Bertz CT molecular complexity index is 1860. The fraction of sp³-hybridized carbons (Fsp3) is 0. The standard InChI is InChI=1S/C32H21N7S2/c33-25-28(36-40)30-31(32-29(25)37-41-38-32)35-26(20-10-4-1-5-11-20)27(34-30)21-16-18-24(19-17-21)39(22-12-6-2-7-13-22)23-14-8-3-9-15-23/h1-19,33,40H. The molecule has 9 heteroatoms. The van der Waals surface area contributed by atoms with Gasteiger partial charge in [-0.3, -0.25) is 5.41 Å². The molecule has 1 N–H and O–H groups in total. The van der Waals surface area contributed by atoms with Gasteiger partial charge in [-0.15, -0.1) is 0 Å². The summed E-state index contributed by atoms with van der Waals surface area (Å²) in [6, 6.07) is 38.8. The smallest absolute Gasteiger partial charge is 0.135 e. The minimum absolute atomic E-state index is 0.140. The number of thiol groups is 1. The van der Waals surface area contributed by atoms with Gasteiger partial charge in [0.1, 0.15) is 34.2 Å². The van der Waals surface area contributed by atoms with E-state index >= 15 is 0 Å². The summed E-state index contributed by atoms with van der Waals surface area (Å²) in [6.07, 6.45) is 0. The minimum atomic E-state index is 0.140. The second kappa shape index (κ2) is 10.5. The van der Waals surface area contributed by atoms with Gasteiger partial charge in [0.2, 0.25) is 0 Å². The number of anilines is 3. The van der Waals surface area contributed by atoms with Gasteiger partial charge < -0.3 is 4.90 Å². The number of benzene rings is 4. The van der Waals surface area contributed by atoms with Crippen LogP contribution in [0.2, 0.25) is 0 Å². The van der Waals surface area contributed by atoms with E-state index in [1.54, 1.807) is 0 Å². The summed E-state index contributed by atoms with van der Waals surface area (Å²) in [7, 11) is 0. The molecular formula is C32H21N7S2. The van der Waals surface area contributed by atoms with Crippen molar-refractivity contribution in [3.63, 3.8) is 0 Å². The van der Waals surface area contributed by atoms with Crippen molar-refractivity contribution in [2.75, 3.05) is 4.90 Å². The predicted molar refractivity (Wildman–Crippen MR) is 169 cm³/mol. The third-order valence-corrected chi connectivity index (χ3v) is 7.61. The Morgan fingerprint density at radius 1 is 0.537 bits per heavy atom. The van der Waals surface area contributed by atoms with Gasteiger partial charge in [-0.05, 0) is 49.2 Å². The van der Waals surface area contributed by atoms with Crippen LogP contribution in [0.4, 0.5) is 17.1 Å². The molecule has 41 heavy (non-hydrogen) atoms. The maximum atomic E-state index is 8.66. The third-order valence-electron chi connectivity index (χ3n) is 6.88. The molecule has 0 radical (unpaired) electrons. The number of hydrogen-bond donors (Lipinski definition) is 2. The number of aromatic nitrogens is 4. The summed E-state index contributed by atoms with van der Waals surface area (Å²) in [4.78, 5) is 12.4. The molecular weight excluding hydrogens is 547 g/mol. The van der Waals surface area contributed by atoms with Gasteiger partial charge in [0, 0.05) is 28.2 Å². The van der Waals surface area contributed by atoms with E-state index in [1.807, 2.05) is 66.7 Å². The maximum Gasteiger partial charge on any atom is 0.135 e. The van der Waals surface area contributed by atoms with Crippen molar-refractivity contribution >= 4 is 53.0 Å². The van der Waals surface area contributed by atoms with Gasteiger partial charge >= 0.3 is 0 Å². The molecule has 1 aliphatic carbocycles. The monoisotopic (exact) mass is 567 g/mol. The minimum Gasteiger partial charge on any atom is -0.311 e. The van der Waals surface area contributed by atoms with Gasteiger partial charge in [-0.25, -0.2) is 14.4 Å². The largest absolute Gasteiger partial charge is 0.311 e. The zero-order chi connectivity index (χ0) is 27.8. The van der Waals surface area contributed by atoms with Crippen molar-refractivity contribution in [3.05, 3.63) is 127 Å². The lowest BCUT2D eigenvalue weighted by Gasteiger charge is -2.25. The quantitative estimate of drug-likeness (QED) is 0.207. The molecule has 196 valence electrons. The normalized spacial score (nSPS) is 13.1. The SMILES string of the molecule is N=C1C(=NS)c2nc(-c3ccc(N(c4ccccc4)c4ccccc4)cc3)c(-c3ccccc3)nc2-c2nsnc21. The van der Waals surface area contributed by atoms with Crippen LogP contribution in [0.25, 0.3) is 33.9 Å². The third kappa shape index (κ3) is 4.41. The Hall–Kier alpha value is -4.99. The topological polar surface area (TPSA) is 91.0 Å². The molecule has 4 aromatic carbocycles. The molecule has 0 atom stereocenters. The Kier molecular flexibility index (Phi) is 6.42. The number of rotatable bonds is 5. The van der Waals surface area contributed by atoms with Crippen LogP contribution >= 0.6 is 24.5 Å². The van der Waals surface area contributed by atoms with Gasteiger partial charge in [0.15, 0.2) is 0 Å². The van der Waals surface area contributed by atoms with E-state index in [2.05, 4.69) is 79.4 Å². The number of para-hydroxylation sites is 2. The first-order chi connectivity index (χ1) is 20.2. The van der Waals surface area contributed by atoms with Crippen molar-refractivity contribution in [3.8, 4) is 33.9 Å². The molecule has 0 unspecified atom stereocenters. The second-order valence-electron chi connectivity index (χ2n) is 9.32. The zero-order valence-electron chi connectivity index (χ0n) is 21.5. The van der Waals surface area contributed by atoms with E-state index in [1.165, 1.54) is 0 Å². The van der Waals surface area contributed by atoms with E-state index in [4.69, 9.17) is 15.4 Å². The van der Waals surface area contributed by atoms with Crippen LogP contribution in [0.3, 0.4) is 0 Å². The van der Waals surface area contributed by atoms with Crippen LogP contribution in [-0.4, -0.2) is 30.1 Å². The highest BCUT2D eigenvalue weighted by Gasteiger charge is 2.33. The highest BCUT2D eigenvalue weighted by atomic mass is 32.1. The van der Waals surface area contributed by atoms with Crippen LogP contribution in [0.15, 0.2) is 120 Å². The molecule has 7 rings (SSSR count). The number of fused-ring (bicyclic) bond motifs is 3. The fourth-order valence-corrected chi connectivity index (χ4v) is 5.72. The highest BCUT2D eigenvalue weighted by Crippen LogP contribution is 2.39. The molecule has 2 aromatic heterocycles. The Labute approximate surface area is 246 Å². The Balaban J connectivity index is 1.40. The van der Waals surface area contributed by atoms with Gasteiger partial charge in [-0.2, -0.15) is 8.75 Å². The van der Waals surface area contributed by atoms with E-state index in [-0.39, 0.29) is 5.71 Å². The summed E-state index contributed by atoms with van der Waals surface area (Å²) >= 11 is 5.22. The summed E-state index contributed by atoms with van der Waals surface area (Å²) in [5, 5.41) is 8.66. The lowest BCUT2D eigenvalue weighted by molar-refractivity contribution is 1.17.